The molecular weight excluding hydrogens is 240 g/mol. The van der Waals surface area contributed by atoms with Crippen molar-refractivity contribution in [3.8, 4) is 11.8 Å². The summed E-state index contributed by atoms with van der Waals surface area (Å²) in [5.74, 6) is 6.26. The number of ether oxygens (including phenoxy) is 2. The van der Waals surface area contributed by atoms with Gasteiger partial charge in [-0.25, -0.2) is 0 Å². The monoisotopic (exact) mass is 266 g/mol. The molecular formula is C16H26O3. The SMILES string of the molecule is CC#CC[C@@H](O)[C@@H](C)CC[C@]12CC[C@H](C)[C@H](CO1)O2. The maximum atomic E-state index is 10.0. The minimum Gasteiger partial charge on any atom is -0.392 e. The molecule has 19 heavy (non-hydrogen) atoms. The third-order valence-electron chi connectivity index (χ3n) is 4.62. The molecule has 2 heterocycles. The first-order chi connectivity index (χ1) is 9.06. The van der Waals surface area contributed by atoms with E-state index in [2.05, 4.69) is 25.7 Å². The molecule has 2 rings (SSSR count). The molecule has 0 saturated carbocycles. The van der Waals surface area contributed by atoms with Crippen LogP contribution in [0, 0.1) is 23.7 Å². The summed E-state index contributed by atoms with van der Waals surface area (Å²) in [6.07, 6.45) is 4.47. The Hall–Kier alpha value is -0.560. The van der Waals surface area contributed by atoms with Crippen LogP contribution in [-0.2, 0) is 9.47 Å². The Morgan fingerprint density at radius 3 is 3.00 bits per heavy atom. The minimum atomic E-state index is -0.360. The van der Waals surface area contributed by atoms with E-state index in [-0.39, 0.29) is 23.9 Å². The highest BCUT2D eigenvalue weighted by atomic mass is 16.7. The standard InChI is InChI=1S/C16H26O3/c1-4-5-6-14(17)12(2)7-9-16-10-8-13(3)15(19-16)11-18-16/h12-15,17H,6-11H2,1-3H3/t12-,13-,14+,15-,16-/m0/s1. The van der Waals surface area contributed by atoms with Crippen molar-refractivity contribution in [2.75, 3.05) is 6.61 Å². The lowest BCUT2D eigenvalue weighted by Gasteiger charge is -2.35. The van der Waals surface area contributed by atoms with Crippen LogP contribution in [0.15, 0.2) is 0 Å². The summed E-state index contributed by atoms with van der Waals surface area (Å²) >= 11 is 0. The molecule has 2 fully saturated rings. The van der Waals surface area contributed by atoms with Crippen LogP contribution in [0.3, 0.4) is 0 Å². The average Bonchev–Trinajstić information content (AvgIpc) is 2.78. The maximum Gasteiger partial charge on any atom is 0.168 e. The van der Waals surface area contributed by atoms with Gasteiger partial charge in [0.15, 0.2) is 5.79 Å². The third-order valence-corrected chi connectivity index (χ3v) is 4.62. The summed E-state index contributed by atoms with van der Waals surface area (Å²) in [6, 6.07) is 0. The van der Waals surface area contributed by atoms with Crippen LogP contribution in [0.5, 0.6) is 0 Å². The molecule has 0 aliphatic carbocycles. The number of hydrogen-bond acceptors (Lipinski definition) is 3. The molecule has 2 aliphatic heterocycles. The Kier molecular flexibility index (Phi) is 4.89. The molecule has 3 heteroatoms. The highest BCUT2D eigenvalue weighted by Crippen LogP contribution is 2.42. The zero-order valence-corrected chi connectivity index (χ0v) is 12.3. The molecule has 0 spiro atoms. The molecule has 2 bridgehead atoms. The number of aliphatic hydroxyl groups excluding tert-OH is 1. The van der Waals surface area contributed by atoms with E-state index < -0.39 is 0 Å². The largest absolute Gasteiger partial charge is 0.392 e. The Morgan fingerprint density at radius 1 is 1.47 bits per heavy atom. The molecule has 2 aliphatic rings. The van der Waals surface area contributed by atoms with Gasteiger partial charge in [-0.15, -0.1) is 11.8 Å². The quantitative estimate of drug-likeness (QED) is 0.778. The van der Waals surface area contributed by atoms with Gasteiger partial charge in [-0.1, -0.05) is 13.8 Å². The van der Waals surface area contributed by atoms with Crippen molar-refractivity contribution < 1.29 is 14.6 Å². The maximum absolute atomic E-state index is 10.0. The van der Waals surface area contributed by atoms with Crippen molar-refractivity contribution in [2.45, 2.75) is 70.9 Å². The fourth-order valence-electron chi connectivity index (χ4n) is 2.93. The third kappa shape index (κ3) is 3.51. The number of fused-ring (bicyclic) bond motifs is 2. The van der Waals surface area contributed by atoms with Gasteiger partial charge >= 0.3 is 0 Å². The van der Waals surface area contributed by atoms with Gasteiger partial charge in [-0.05, 0) is 31.6 Å². The molecule has 0 unspecified atom stereocenters. The Balaban J connectivity index is 1.80. The van der Waals surface area contributed by atoms with E-state index >= 15 is 0 Å². The van der Waals surface area contributed by atoms with Crippen LogP contribution < -0.4 is 0 Å². The molecule has 0 aromatic rings. The minimum absolute atomic E-state index is 0.237. The van der Waals surface area contributed by atoms with E-state index in [0.29, 0.717) is 12.3 Å². The first kappa shape index (κ1) is 14.8. The van der Waals surface area contributed by atoms with E-state index in [1.165, 1.54) is 6.42 Å². The first-order valence-corrected chi connectivity index (χ1v) is 7.46. The van der Waals surface area contributed by atoms with Crippen LogP contribution in [0.25, 0.3) is 0 Å². The second-order valence-corrected chi connectivity index (χ2v) is 6.11. The first-order valence-electron chi connectivity index (χ1n) is 7.46. The van der Waals surface area contributed by atoms with Crippen LogP contribution >= 0.6 is 0 Å². The summed E-state index contributed by atoms with van der Waals surface area (Å²) in [5.41, 5.74) is 0. The molecule has 0 aromatic carbocycles. The molecule has 108 valence electrons. The second kappa shape index (κ2) is 6.26. The van der Waals surface area contributed by atoms with E-state index in [4.69, 9.17) is 9.47 Å². The zero-order chi connectivity index (χ0) is 13.9. The number of aliphatic hydroxyl groups is 1. The van der Waals surface area contributed by atoms with Gasteiger partial charge in [0.2, 0.25) is 0 Å². The topological polar surface area (TPSA) is 38.7 Å². The van der Waals surface area contributed by atoms with Gasteiger partial charge in [0.1, 0.15) is 0 Å². The van der Waals surface area contributed by atoms with Crippen LogP contribution in [-0.4, -0.2) is 29.7 Å². The lowest BCUT2D eigenvalue weighted by Crippen LogP contribution is -2.38. The Labute approximate surface area is 116 Å². The van der Waals surface area contributed by atoms with Crippen molar-refractivity contribution in [3.63, 3.8) is 0 Å². The van der Waals surface area contributed by atoms with Crippen molar-refractivity contribution in [3.05, 3.63) is 0 Å². The summed E-state index contributed by atoms with van der Waals surface area (Å²) in [7, 11) is 0. The Bertz CT molecular complexity index is 357. The lowest BCUT2D eigenvalue weighted by molar-refractivity contribution is -0.204. The second-order valence-electron chi connectivity index (χ2n) is 6.11. The summed E-state index contributed by atoms with van der Waals surface area (Å²) in [5, 5.41) is 10.0. The van der Waals surface area contributed by atoms with Crippen molar-refractivity contribution >= 4 is 0 Å². The summed E-state index contributed by atoms with van der Waals surface area (Å²) < 4.78 is 12.0. The van der Waals surface area contributed by atoms with Gasteiger partial charge in [0, 0.05) is 19.3 Å². The summed E-state index contributed by atoms with van der Waals surface area (Å²) in [4.78, 5) is 0. The van der Waals surface area contributed by atoms with E-state index in [1.807, 2.05) is 0 Å². The van der Waals surface area contributed by atoms with Gasteiger partial charge in [-0.2, -0.15) is 0 Å². The molecule has 2 saturated heterocycles. The van der Waals surface area contributed by atoms with E-state index in [0.717, 1.165) is 25.9 Å². The summed E-state index contributed by atoms with van der Waals surface area (Å²) in [6.45, 7) is 6.86. The lowest BCUT2D eigenvalue weighted by atomic mass is 9.89. The van der Waals surface area contributed by atoms with E-state index in [1.54, 1.807) is 6.92 Å². The molecule has 1 N–H and O–H groups in total. The van der Waals surface area contributed by atoms with E-state index in [9.17, 15) is 5.11 Å². The van der Waals surface area contributed by atoms with Crippen molar-refractivity contribution in [1.82, 2.24) is 0 Å². The zero-order valence-electron chi connectivity index (χ0n) is 12.3. The smallest absolute Gasteiger partial charge is 0.168 e. The Morgan fingerprint density at radius 2 is 2.26 bits per heavy atom. The molecule has 5 atom stereocenters. The highest BCUT2D eigenvalue weighted by Gasteiger charge is 2.47. The van der Waals surface area contributed by atoms with Crippen molar-refractivity contribution in [1.29, 1.82) is 0 Å². The average molecular weight is 266 g/mol. The molecule has 3 nitrogen and oxygen atoms in total. The van der Waals surface area contributed by atoms with Gasteiger partial charge < -0.3 is 14.6 Å². The van der Waals surface area contributed by atoms with Gasteiger partial charge in [0.25, 0.3) is 0 Å². The van der Waals surface area contributed by atoms with Crippen LogP contribution in [0.1, 0.15) is 52.9 Å². The van der Waals surface area contributed by atoms with Crippen LogP contribution in [0.4, 0.5) is 0 Å². The van der Waals surface area contributed by atoms with Gasteiger partial charge in [-0.3, -0.25) is 0 Å². The van der Waals surface area contributed by atoms with Crippen molar-refractivity contribution in [2.24, 2.45) is 11.8 Å². The normalized spacial score (nSPS) is 36.4. The predicted octanol–water partition coefficient (Wildman–Crippen LogP) is 2.72. The molecule has 0 aromatic heterocycles. The molecule has 0 radical (unpaired) electrons. The number of hydrogen-bond donors (Lipinski definition) is 1. The predicted molar refractivity (Wildman–Crippen MR) is 74.4 cm³/mol. The fourth-order valence-corrected chi connectivity index (χ4v) is 2.93. The molecule has 0 amide bonds. The van der Waals surface area contributed by atoms with Crippen LogP contribution in [0.2, 0.25) is 0 Å². The number of rotatable bonds is 5. The highest BCUT2D eigenvalue weighted by molar-refractivity contribution is 4.97. The fraction of sp³-hybridized carbons (Fsp3) is 0.875. The van der Waals surface area contributed by atoms with Gasteiger partial charge in [0.05, 0.1) is 18.8 Å².